The van der Waals surface area contributed by atoms with Crippen LogP contribution < -0.4 is 0 Å². The number of halogens is 1. The number of aliphatic hydroxyl groups is 1. The smallest absolute Gasteiger partial charge is 0.0688 e. The molecular formula is C17H25ClO. The van der Waals surface area contributed by atoms with Crippen molar-refractivity contribution in [2.45, 2.75) is 64.9 Å². The fourth-order valence-electron chi connectivity index (χ4n) is 3.04. The van der Waals surface area contributed by atoms with E-state index in [1.165, 1.54) is 12.0 Å². The lowest BCUT2D eigenvalue weighted by molar-refractivity contribution is 0.0226. The van der Waals surface area contributed by atoms with E-state index >= 15 is 0 Å². The van der Waals surface area contributed by atoms with Crippen molar-refractivity contribution in [2.75, 3.05) is 0 Å². The molecule has 1 N–H and O–H groups in total. The Morgan fingerprint density at radius 1 is 1.16 bits per heavy atom. The summed E-state index contributed by atoms with van der Waals surface area (Å²) < 4.78 is 0. The van der Waals surface area contributed by atoms with Gasteiger partial charge >= 0.3 is 0 Å². The van der Waals surface area contributed by atoms with Crippen molar-refractivity contribution < 1.29 is 5.11 Å². The monoisotopic (exact) mass is 280 g/mol. The zero-order chi connectivity index (χ0) is 14.1. The molecule has 1 aliphatic carbocycles. The molecule has 1 aliphatic rings. The summed E-state index contributed by atoms with van der Waals surface area (Å²) >= 11 is 6.30. The molecule has 19 heavy (non-hydrogen) atoms. The summed E-state index contributed by atoms with van der Waals surface area (Å²) in [5.41, 5.74) is 2.03. The van der Waals surface area contributed by atoms with E-state index in [1.807, 2.05) is 13.0 Å². The third kappa shape index (κ3) is 3.97. The molecule has 1 aromatic rings. The predicted octanol–water partition coefficient (Wildman–Crippen LogP) is 4.91. The average molecular weight is 281 g/mol. The van der Waals surface area contributed by atoms with Crippen LogP contribution in [-0.2, 0) is 6.42 Å². The molecule has 0 spiro atoms. The van der Waals surface area contributed by atoms with E-state index < -0.39 is 5.60 Å². The van der Waals surface area contributed by atoms with Gasteiger partial charge in [0.1, 0.15) is 0 Å². The van der Waals surface area contributed by atoms with Crippen LogP contribution in [-0.4, -0.2) is 10.7 Å². The van der Waals surface area contributed by atoms with Crippen LogP contribution in [0.15, 0.2) is 18.2 Å². The highest BCUT2D eigenvalue weighted by Gasteiger charge is 2.34. The van der Waals surface area contributed by atoms with E-state index in [2.05, 4.69) is 26.0 Å². The first kappa shape index (κ1) is 14.9. The molecule has 2 heteroatoms. The molecule has 1 atom stereocenters. The first-order valence-electron chi connectivity index (χ1n) is 7.27. The Hall–Kier alpha value is -0.530. The summed E-state index contributed by atoms with van der Waals surface area (Å²) in [4.78, 5) is 0. The normalized spacial score (nSPS) is 27.0. The number of aryl methyl sites for hydroxylation is 1. The van der Waals surface area contributed by atoms with Crippen molar-refractivity contribution in [3.05, 3.63) is 34.3 Å². The maximum atomic E-state index is 10.9. The van der Waals surface area contributed by atoms with Gasteiger partial charge in [-0.3, -0.25) is 0 Å². The zero-order valence-corrected chi connectivity index (χ0v) is 13.1. The quantitative estimate of drug-likeness (QED) is 0.763. The molecule has 1 unspecified atom stereocenters. The summed E-state index contributed by atoms with van der Waals surface area (Å²) in [7, 11) is 0. The minimum absolute atomic E-state index is 0.363. The fourth-order valence-corrected chi connectivity index (χ4v) is 3.35. The van der Waals surface area contributed by atoms with Gasteiger partial charge in [0.05, 0.1) is 5.60 Å². The molecule has 1 aromatic carbocycles. The van der Waals surface area contributed by atoms with Crippen molar-refractivity contribution in [2.24, 2.45) is 5.41 Å². The summed E-state index contributed by atoms with van der Waals surface area (Å²) in [6, 6.07) is 6.12. The number of hydrogen-bond acceptors (Lipinski definition) is 1. The second-order valence-corrected chi connectivity index (χ2v) is 7.42. The number of benzene rings is 1. The van der Waals surface area contributed by atoms with Crippen LogP contribution >= 0.6 is 11.6 Å². The second-order valence-electron chi connectivity index (χ2n) is 7.01. The second kappa shape index (κ2) is 5.46. The lowest BCUT2D eigenvalue weighted by atomic mass is 9.83. The van der Waals surface area contributed by atoms with E-state index in [0.29, 0.717) is 11.8 Å². The zero-order valence-electron chi connectivity index (χ0n) is 12.3. The highest BCUT2D eigenvalue weighted by atomic mass is 35.5. The van der Waals surface area contributed by atoms with Crippen LogP contribution in [0.3, 0.4) is 0 Å². The molecule has 106 valence electrons. The van der Waals surface area contributed by atoms with Gasteiger partial charge in [0.2, 0.25) is 0 Å². The first-order chi connectivity index (χ1) is 8.80. The van der Waals surface area contributed by atoms with Gasteiger partial charge < -0.3 is 5.11 Å². The Morgan fingerprint density at radius 3 is 2.58 bits per heavy atom. The van der Waals surface area contributed by atoms with Crippen LogP contribution in [0.1, 0.15) is 57.1 Å². The maximum Gasteiger partial charge on any atom is 0.0688 e. The van der Waals surface area contributed by atoms with Gasteiger partial charge in [-0.05, 0) is 55.2 Å². The van der Waals surface area contributed by atoms with Gasteiger partial charge in [0.15, 0.2) is 0 Å². The van der Waals surface area contributed by atoms with E-state index in [0.717, 1.165) is 36.3 Å². The Kier molecular flexibility index (Phi) is 4.27. The van der Waals surface area contributed by atoms with Gasteiger partial charge in [-0.25, -0.2) is 0 Å². The van der Waals surface area contributed by atoms with E-state index in [4.69, 9.17) is 11.6 Å². The summed E-state index contributed by atoms with van der Waals surface area (Å²) in [5.74, 6) is 0. The Labute approximate surface area is 122 Å². The Balaban J connectivity index is 2.12. The SMILES string of the molecule is Cc1ccc(CC2(O)CCCC(C)(C)CC2)c(Cl)c1. The van der Waals surface area contributed by atoms with Crippen molar-refractivity contribution in [3.8, 4) is 0 Å². The summed E-state index contributed by atoms with van der Waals surface area (Å²) in [6.07, 6.45) is 5.85. The third-order valence-corrected chi connectivity index (χ3v) is 4.84. The molecule has 1 saturated carbocycles. The number of rotatable bonds is 2. The molecule has 0 saturated heterocycles. The molecule has 1 nitrogen and oxygen atoms in total. The average Bonchev–Trinajstić information content (AvgIpc) is 2.43. The van der Waals surface area contributed by atoms with Gasteiger partial charge in [0, 0.05) is 11.4 Å². The van der Waals surface area contributed by atoms with Crippen molar-refractivity contribution in [1.82, 2.24) is 0 Å². The molecule has 1 fully saturated rings. The lowest BCUT2D eigenvalue weighted by Crippen LogP contribution is -2.31. The lowest BCUT2D eigenvalue weighted by Gasteiger charge is -2.28. The van der Waals surface area contributed by atoms with Crippen LogP contribution in [0.5, 0.6) is 0 Å². The predicted molar refractivity (Wildman–Crippen MR) is 81.7 cm³/mol. The van der Waals surface area contributed by atoms with Crippen LogP contribution in [0.25, 0.3) is 0 Å². The summed E-state index contributed by atoms with van der Waals surface area (Å²) in [6.45, 7) is 6.65. The molecule has 0 radical (unpaired) electrons. The maximum absolute atomic E-state index is 10.9. The minimum atomic E-state index is -0.577. The van der Waals surface area contributed by atoms with Gasteiger partial charge in [-0.2, -0.15) is 0 Å². The molecule has 0 heterocycles. The Bertz CT molecular complexity index is 453. The van der Waals surface area contributed by atoms with Crippen LogP contribution in [0.2, 0.25) is 5.02 Å². The molecule has 0 amide bonds. The third-order valence-electron chi connectivity index (χ3n) is 4.49. The molecular weight excluding hydrogens is 256 g/mol. The standard InChI is InChI=1S/C17H25ClO/c1-13-5-6-14(15(18)11-13)12-17(19)8-4-7-16(2,3)9-10-17/h5-6,11,19H,4,7-10,12H2,1-3H3. The van der Waals surface area contributed by atoms with Gasteiger partial charge in [-0.1, -0.05) is 44.0 Å². The Morgan fingerprint density at radius 2 is 1.89 bits per heavy atom. The first-order valence-corrected chi connectivity index (χ1v) is 7.65. The molecule has 0 aromatic heterocycles. The van der Waals surface area contributed by atoms with Gasteiger partial charge in [-0.15, -0.1) is 0 Å². The number of hydrogen-bond donors (Lipinski definition) is 1. The molecule has 2 rings (SSSR count). The van der Waals surface area contributed by atoms with Crippen molar-refractivity contribution >= 4 is 11.6 Å². The largest absolute Gasteiger partial charge is 0.390 e. The van der Waals surface area contributed by atoms with Crippen molar-refractivity contribution in [1.29, 1.82) is 0 Å². The van der Waals surface area contributed by atoms with E-state index in [1.54, 1.807) is 0 Å². The van der Waals surface area contributed by atoms with Crippen LogP contribution in [0.4, 0.5) is 0 Å². The van der Waals surface area contributed by atoms with E-state index in [9.17, 15) is 5.11 Å². The van der Waals surface area contributed by atoms with E-state index in [-0.39, 0.29) is 0 Å². The minimum Gasteiger partial charge on any atom is -0.390 e. The van der Waals surface area contributed by atoms with Crippen molar-refractivity contribution in [3.63, 3.8) is 0 Å². The fraction of sp³-hybridized carbons (Fsp3) is 0.647. The highest BCUT2D eigenvalue weighted by molar-refractivity contribution is 6.31. The van der Waals surface area contributed by atoms with Crippen LogP contribution in [0, 0.1) is 12.3 Å². The topological polar surface area (TPSA) is 20.2 Å². The highest BCUT2D eigenvalue weighted by Crippen LogP contribution is 2.40. The van der Waals surface area contributed by atoms with Gasteiger partial charge in [0.25, 0.3) is 0 Å². The summed E-state index contributed by atoms with van der Waals surface area (Å²) in [5, 5.41) is 11.7. The molecule has 0 bridgehead atoms. The molecule has 0 aliphatic heterocycles.